The van der Waals surface area contributed by atoms with Crippen LogP contribution >= 0.6 is 11.3 Å². The molecular weight excluding hydrogens is 238 g/mol. The Labute approximate surface area is 104 Å². The summed E-state index contributed by atoms with van der Waals surface area (Å²) in [5, 5.41) is 22.0. The maximum Gasteiger partial charge on any atom is 0.258 e. The highest BCUT2D eigenvalue weighted by Crippen LogP contribution is 2.31. The molecule has 2 rings (SSSR count). The molecule has 6 heteroatoms. The van der Waals surface area contributed by atoms with Gasteiger partial charge < -0.3 is 5.11 Å². The van der Waals surface area contributed by atoms with E-state index in [0.717, 1.165) is 17.8 Å². The number of nitrogens with one attached hydrogen (secondary N) is 1. The Balaban J connectivity index is 2.02. The molecule has 1 fully saturated rings. The molecule has 0 aromatic carbocycles. The molecule has 0 spiro atoms. The number of carbonyl (C=O) groups excluding carboxylic acids is 1. The average Bonchev–Trinajstić information content (AvgIpc) is 2.88. The van der Waals surface area contributed by atoms with Gasteiger partial charge in [-0.15, -0.1) is 10.2 Å². The molecule has 94 valence electrons. The first-order chi connectivity index (χ1) is 8.01. The number of hydrogen-bond donors (Lipinski definition) is 2. The van der Waals surface area contributed by atoms with Crippen molar-refractivity contribution in [1.82, 2.24) is 10.2 Å². The number of aromatic nitrogens is 2. The SMILES string of the molecule is CC(C)c1nnc(NC(=O)C2(O)CCCC2)s1. The van der Waals surface area contributed by atoms with Crippen molar-refractivity contribution in [2.45, 2.75) is 51.0 Å². The van der Waals surface area contributed by atoms with E-state index in [-0.39, 0.29) is 5.91 Å². The smallest absolute Gasteiger partial charge is 0.258 e. The van der Waals surface area contributed by atoms with E-state index < -0.39 is 5.60 Å². The van der Waals surface area contributed by atoms with Gasteiger partial charge in [0.2, 0.25) is 5.13 Å². The number of aliphatic hydroxyl groups is 1. The van der Waals surface area contributed by atoms with Crippen molar-refractivity contribution in [3.8, 4) is 0 Å². The summed E-state index contributed by atoms with van der Waals surface area (Å²) in [6.45, 7) is 4.05. The van der Waals surface area contributed by atoms with Gasteiger partial charge in [-0.3, -0.25) is 10.1 Å². The molecule has 0 radical (unpaired) electrons. The van der Waals surface area contributed by atoms with Crippen LogP contribution in [0, 0.1) is 0 Å². The molecule has 5 nitrogen and oxygen atoms in total. The molecule has 1 aliphatic carbocycles. The van der Waals surface area contributed by atoms with Crippen molar-refractivity contribution >= 4 is 22.4 Å². The molecule has 1 aromatic rings. The second kappa shape index (κ2) is 4.70. The summed E-state index contributed by atoms with van der Waals surface area (Å²) >= 11 is 1.36. The zero-order valence-corrected chi connectivity index (χ0v) is 10.9. The molecule has 0 aliphatic heterocycles. The van der Waals surface area contributed by atoms with Crippen LogP contribution in [0.25, 0.3) is 0 Å². The van der Waals surface area contributed by atoms with E-state index in [0.29, 0.717) is 23.9 Å². The van der Waals surface area contributed by atoms with Gasteiger partial charge in [-0.05, 0) is 25.7 Å². The van der Waals surface area contributed by atoms with Crippen LogP contribution in [0.2, 0.25) is 0 Å². The Morgan fingerprint density at radius 3 is 2.59 bits per heavy atom. The second-order valence-corrected chi connectivity index (χ2v) is 5.80. The summed E-state index contributed by atoms with van der Waals surface area (Å²) in [6.07, 6.45) is 2.87. The van der Waals surface area contributed by atoms with Crippen molar-refractivity contribution in [2.24, 2.45) is 0 Å². The minimum Gasteiger partial charge on any atom is -0.380 e. The lowest BCUT2D eigenvalue weighted by Gasteiger charge is -2.19. The first kappa shape index (κ1) is 12.4. The topological polar surface area (TPSA) is 75.1 Å². The molecule has 17 heavy (non-hydrogen) atoms. The van der Waals surface area contributed by atoms with Gasteiger partial charge in [-0.1, -0.05) is 25.2 Å². The van der Waals surface area contributed by atoms with Gasteiger partial charge >= 0.3 is 0 Å². The Morgan fingerprint density at radius 2 is 2.06 bits per heavy atom. The number of rotatable bonds is 3. The van der Waals surface area contributed by atoms with Gasteiger partial charge in [0, 0.05) is 5.92 Å². The maximum atomic E-state index is 11.9. The van der Waals surface area contributed by atoms with Crippen LogP contribution in [0.15, 0.2) is 0 Å². The third-order valence-electron chi connectivity index (χ3n) is 3.01. The number of hydrogen-bond acceptors (Lipinski definition) is 5. The lowest BCUT2D eigenvalue weighted by Crippen LogP contribution is -2.40. The van der Waals surface area contributed by atoms with Crippen LogP contribution in [0.3, 0.4) is 0 Å². The van der Waals surface area contributed by atoms with Crippen LogP contribution < -0.4 is 5.32 Å². The van der Waals surface area contributed by atoms with E-state index in [9.17, 15) is 9.90 Å². The third kappa shape index (κ3) is 2.63. The zero-order valence-electron chi connectivity index (χ0n) is 10.1. The van der Waals surface area contributed by atoms with E-state index in [1.54, 1.807) is 0 Å². The molecule has 1 saturated carbocycles. The molecule has 0 bridgehead atoms. The van der Waals surface area contributed by atoms with Crippen molar-refractivity contribution in [2.75, 3.05) is 5.32 Å². The van der Waals surface area contributed by atoms with Gasteiger partial charge in [0.15, 0.2) is 0 Å². The van der Waals surface area contributed by atoms with Gasteiger partial charge in [0.25, 0.3) is 5.91 Å². The standard InChI is InChI=1S/C11H17N3O2S/c1-7(2)8-13-14-10(17-8)12-9(15)11(16)5-3-4-6-11/h7,16H,3-6H2,1-2H3,(H,12,14,15). The van der Waals surface area contributed by atoms with E-state index in [1.807, 2.05) is 13.8 Å². The summed E-state index contributed by atoms with van der Waals surface area (Å²) in [7, 11) is 0. The Morgan fingerprint density at radius 1 is 1.41 bits per heavy atom. The Bertz CT molecular complexity index is 411. The van der Waals surface area contributed by atoms with Crippen molar-refractivity contribution in [3.05, 3.63) is 5.01 Å². The fraction of sp³-hybridized carbons (Fsp3) is 0.727. The highest BCUT2D eigenvalue weighted by Gasteiger charge is 2.39. The van der Waals surface area contributed by atoms with Gasteiger partial charge in [0.1, 0.15) is 10.6 Å². The molecule has 1 aromatic heterocycles. The van der Waals surface area contributed by atoms with E-state index in [1.165, 1.54) is 11.3 Å². The van der Waals surface area contributed by atoms with Crippen LogP contribution in [0.4, 0.5) is 5.13 Å². The molecule has 2 N–H and O–H groups in total. The van der Waals surface area contributed by atoms with Crippen molar-refractivity contribution in [1.29, 1.82) is 0 Å². The summed E-state index contributed by atoms with van der Waals surface area (Å²) in [4.78, 5) is 11.9. The predicted molar refractivity (Wildman–Crippen MR) is 66.0 cm³/mol. The maximum absolute atomic E-state index is 11.9. The molecule has 0 unspecified atom stereocenters. The fourth-order valence-corrected chi connectivity index (χ4v) is 2.66. The van der Waals surface area contributed by atoms with Crippen molar-refractivity contribution < 1.29 is 9.90 Å². The zero-order chi connectivity index (χ0) is 12.5. The molecule has 0 atom stereocenters. The largest absolute Gasteiger partial charge is 0.380 e. The highest BCUT2D eigenvalue weighted by atomic mass is 32.1. The summed E-state index contributed by atoms with van der Waals surface area (Å²) in [5.74, 6) is -0.0471. The summed E-state index contributed by atoms with van der Waals surface area (Å²) < 4.78 is 0. The van der Waals surface area contributed by atoms with Gasteiger partial charge in [-0.25, -0.2) is 0 Å². The van der Waals surface area contributed by atoms with E-state index in [4.69, 9.17) is 0 Å². The first-order valence-electron chi connectivity index (χ1n) is 5.88. The monoisotopic (exact) mass is 255 g/mol. The van der Waals surface area contributed by atoms with Crippen LogP contribution in [0.5, 0.6) is 0 Å². The number of nitrogens with zero attached hydrogens (tertiary/aromatic N) is 2. The lowest BCUT2D eigenvalue weighted by atomic mass is 10.0. The minimum atomic E-state index is -1.20. The third-order valence-corrected chi connectivity index (χ3v) is 4.15. The van der Waals surface area contributed by atoms with Gasteiger partial charge in [0.05, 0.1) is 0 Å². The second-order valence-electron chi connectivity index (χ2n) is 4.79. The lowest BCUT2D eigenvalue weighted by molar-refractivity contribution is -0.133. The summed E-state index contributed by atoms with van der Waals surface area (Å²) in [6, 6.07) is 0. The molecular formula is C11H17N3O2S. The van der Waals surface area contributed by atoms with Crippen molar-refractivity contribution in [3.63, 3.8) is 0 Å². The Kier molecular flexibility index (Phi) is 3.44. The molecule has 0 saturated heterocycles. The predicted octanol–water partition coefficient (Wildman–Crippen LogP) is 1.91. The number of anilines is 1. The van der Waals surface area contributed by atoms with Crippen LogP contribution in [0.1, 0.15) is 50.5 Å². The Hall–Kier alpha value is -1.01. The van der Waals surface area contributed by atoms with E-state index in [2.05, 4.69) is 15.5 Å². The minimum absolute atomic E-state index is 0.299. The number of carbonyl (C=O) groups is 1. The molecule has 1 aliphatic rings. The van der Waals surface area contributed by atoms with Gasteiger partial charge in [-0.2, -0.15) is 0 Å². The molecule has 1 amide bonds. The average molecular weight is 255 g/mol. The fourth-order valence-electron chi connectivity index (χ4n) is 1.92. The normalized spacial score (nSPS) is 18.6. The van der Waals surface area contributed by atoms with E-state index >= 15 is 0 Å². The highest BCUT2D eigenvalue weighted by molar-refractivity contribution is 7.15. The quantitative estimate of drug-likeness (QED) is 0.865. The van der Waals surface area contributed by atoms with Crippen LogP contribution in [-0.4, -0.2) is 26.8 Å². The number of amides is 1. The van der Waals surface area contributed by atoms with Crippen LogP contribution in [-0.2, 0) is 4.79 Å². The summed E-state index contributed by atoms with van der Waals surface area (Å²) in [5.41, 5.74) is -1.20. The molecule has 1 heterocycles. The first-order valence-corrected chi connectivity index (χ1v) is 6.70.